The van der Waals surface area contributed by atoms with Crippen molar-refractivity contribution >= 4 is 0 Å². The minimum absolute atomic E-state index is 0.225. The van der Waals surface area contributed by atoms with Crippen molar-refractivity contribution in [1.29, 1.82) is 0 Å². The third-order valence-electron chi connectivity index (χ3n) is 3.25. The molecule has 2 N–H and O–H groups in total. The van der Waals surface area contributed by atoms with Crippen molar-refractivity contribution in [2.24, 2.45) is 5.73 Å². The van der Waals surface area contributed by atoms with Gasteiger partial charge in [0.25, 0.3) is 0 Å². The quantitative estimate of drug-likeness (QED) is 0.867. The molecule has 0 bridgehead atoms. The maximum absolute atomic E-state index is 5.99. The van der Waals surface area contributed by atoms with Gasteiger partial charge in [0.2, 0.25) is 0 Å². The number of hydrogen-bond acceptors (Lipinski definition) is 4. The van der Waals surface area contributed by atoms with E-state index in [1.807, 2.05) is 12.1 Å². The Balaban J connectivity index is 2.00. The van der Waals surface area contributed by atoms with Gasteiger partial charge >= 0.3 is 0 Å². The van der Waals surface area contributed by atoms with E-state index in [1.165, 1.54) is 0 Å². The van der Waals surface area contributed by atoms with Gasteiger partial charge in [-0.1, -0.05) is 0 Å². The van der Waals surface area contributed by atoms with Gasteiger partial charge in [0.05, 0.1) is 11.8 Å². The number of ether oxygens (including phenoxy) is 2. The van der Waals surface area contributed by atoms with E-state index >= 15 is 0 Å². The highest BCUT2D eigenvalue weighted by Crippen LogP contribution is 2.26. The van der Waals surface area contributed by atoms with Crippen LogP contribution in [-0.4, -0.2) is 24.3 Å². The number of hydrogen-bond donors (Lipinski definition) is 1. The smallest absolute Gasteiger partial charge is 0.142 e. The second-order valence-corrected chi connectivity index (χ2v) is 4.42. The summed E-state index contributed by atoms with van der Waals surface area (Å²) in [5.74, 6) is 0.816. The first-order chi connectivity index (χ1) is 8.33. The van der Waals surface area contributed by atoms with Gasteiger partial charge in [0.15, 0.2) is 0 Å². The predicted octanol–water partition coefficient (Wildman–Crippen LogP) is 1.88. The summed E-state index contributed by atoms with van der Waals surface area (Å²) in [6, 6.07) is 3.82. The van der Waals surface area contributed by atoms with Gasteiger partial charge in [0.1, 0.15) is 11.9 Å². The van der Waals surface area contributed by atoms with Crippen LogP contribution in [0.3, 0.4) is 0 Å². The molecule has 0 aromatic carbocycles. The summed E-state index contributed by atoms with van der Waals surface area (Å²) in [6.07, 6.45) is 6.62. The fourth-order valence-corrected chi connectivity index (χ4v) is 2.29. The lowest BCUT2D eigenvalue weighted by molar-refractivity contribution is 0.0205. The van der Waals surface area contributed by atoms with Crippen molar-refractivity contribution in [2.45, 2.75) is 44.4 Å². The molecular formula is C13H20N2O2. The zero-order valence-corrected chi connectivity index (χ0v) is 10.3. The van der Waals surface area contributed by atoms with Crippen molar-refractivity contribution in [2.75, 3.05) is 7.11 Å². The number of rotatable bonds is 4. The van der Waals surface area contributed by atoms with Crippen LogP contribution in [0.5, 0.6) is 5.75 Å². The molecule has 2 atom stereocenters. The molecule has 1 fully saturated rings. The molecule has 94 valence electrons. The average molecular weight is 236 g/mol. The molecule has 4 heteroatoms. The highest BCUT2D eigenvalue weighted by Gasteiger charge is 2.23. The number of nitrogens with two attached hydrogens (primary N) is 1. The summed E-state index contributed by atoms with van der Waals surface area (Å²) in [5.41, 5.74) is 6.47. The Labute approximate surface area is 102 Å². The van der Waals surface area contributed by atoms with Gasteiger partial charge in [-0.15, -0.1) is 0 Å². The van der Waals surface area contributed by atoms with Gasteiger partial charge in [-0.2, -0.15) is 0 Å². The Morgan fingerprint density at radius 2 is 2.24 bits per heavy atom. The molecular weight excluding hydrogens is 216 g/mol. The SMILES string of the molecule is COC1CCCC(Oc2cccnc2CN)C1. The summed E-state index contributed by atoms with van der Waals surface area (Å²) in [7, 11) is 1.77. The van der Waals surface area contributed by atoms with E-state index in [-0.39, 0.29) is 6.10 Å². The minimum Gasteiger partial charge on any atom is -0.488 e. The van der Waals surface area contributed by atoms with E-state index < -0.39 is 0 Å². The standard InChI is InChI=1S/C13H20N2O2/c1-16-10-4-2-5-11(8-10)17-13-6-3-7-15-12(13)9-14/h3,6-7,10-11H,2,4-5,8-9,14H2,1H3. The molecule has 0 aliphatic heterocycles. The van der Waals surface area contributed by atoms with Gasteiger partial charge in [0, 0.05) is 26.3 Å². The molecule has 0 amide bonds. The lowest BCUT2D eigenvalue weighted by Gasteiger charge is -2.29. The molecule has 1 saturated carbocycles. The molecule has 1 aromatic heterocycles. The van der Waals surface area contributed by atoms with E-state index in [0.29, 0.717) is 12.6 Å². The van der Waals surface area contributed by atoms with Crippen molar-refractivity contribution in [3.8, 4) is 5.75 Å². The molecule has 0 spiro atoms. The number of pyridine rings is 1. The minimum atomic E-state index is 0.225. The highest BCUT2D eigenvalue weighted by molar-refractivity contribution is 5.26. The average Bonchev–Trinajstić information content (AvgIpc) is 2.39. The monoisotopic (exact) mass is 236 g/mol. The van der Waals surface area contributed by atoms with Crippen LogP contribution in [0.1, 0.15) is 31.4 Å². The largest absolute Gasteiger partial charge is 0.488 e. The van der Waals surface area contributed by atoms with Crippen LogP contribution in [0, 0.1) is 0 Å². The number of nitrogens with zero attached hydrogens (tertiary/aromatic N) is 1. The Hall–Kier alpha value is -1.13. The second kappa shape index (κ2) is 5.98. The molecule has 2 unspecified atom stereocenters. The first-order valence-electron chi connectivity index (χ1n) is 6.17. The Kier molecular flexibility index (Phi) is 4.34. The highest BCUT2D eigenvalue weighted by atomic mass is 16.5. The zero-order chi connectivity index (χ0) is 12.1. The van der Waals surface area contributed by atoms with Gasteiger partial charge in [-0.3, -0.25) is 4.98 Å². The van der Waals surface area contributed by atoms with Crippen molar-refractivity contribution in [3.63, 3.8) is 0 Å². The lowest BCUT2D eigenvalue weighted by Crippen LogP contribution is -2.29. The molecule has 2 rings (SSSR count). The third-order valence-corrected chi connectivity index (χ3v) is 3.25. The van der Waals surface area contributed by atoms with Crippen LogP contribution in [0.4, 0.5) is 0 Å². The molecule has 17 heavy (non-hydrogen) atoms. The molecule has 1 aliphatic rings. The Bertz CT molecular complexity index is 357. The topological polar surface area (TPSA) is 57.4 Å². The van der Waals surface area contributed by atoms with Crippen LogP contribution in [0.2, 0.25) is 0 Å². The summed E-state index contributed by atoms with van der Waals surface area (Å²) in [6.45, 7) is 0.413. The van der Waals surface area contributed by atoms with Crippen LogP contribution < -0.4 is 10.5 Å². The van der Waals surface area contributed by atoms with Crippen LogP contribution in [-0.2, 0) is 11.3 Å². The summed E-state index contributed by atoms with van der Waals surface area (Å²) in [4.78, 5) is 4.22. The van der Waals surface area contributed by atoms with E-state index in [1.54, 1.807) is 13.3 Å². The molecule has 1 heterocycles. The zero-order valence-electron chi connectivity index (χ0n) is 10.3. The Morgan fingerprint density at radius 1 is 1.41 bits per heavy atom. The molecule has 4 nitrogen and oxygen atoms in total. The fraction of sp³-hybridized carbons (Fsp3) is 0.615. The molecule has 1 aromatic rings. The van der Waals surface area contributed by atoms with Crippen LogP contribution in [0.15, 0.2) is 18.3 Å². The van der Waals surface area contributed by atoms with Crippen LogP contribution in [0.25, 0.3) is 0 Å². The molecule has 0 saturated heterocycles. The van der Waals surface area contributed by atoms with Crippen molar-refractivity contribution in [1.82, 2.24) is 4.98 Å². The first kappa shape index (κ1) is 12.3. The number of aromatic nitrogens is 1. The maximum atomic E-state index is 5.99. The van der Waals surface area contributed by atoms with Crippen LogP contribution >= 0.6 is 0 Å². The molecule has 0 radical (unpaired) electrons. The van der Waals surface area contributed by atoms with Gasteiger partial charge in [-0.25, -0.2) is 0 Å². The first-order valence-corrected chi connectivity index (χ1v) is 6.17. The summed E-state index contributed by atoms with van der Waals surface area (Å²) >= 11 is 0. The van der Waals surface area contributed by atoms with E-state index in [2.05, 4.69) is 4.98 Å². The Morgan fingerprint density at radius 3 is 3.00 bits per heavy atom. The second-order valence-electron chi connectivity index (χ2n) is 4.42. The van der Waals surface area contributed by atoms with Crippen molar-refractivity contribution in [3.05, 3.63) is 24.0 Å². The van der Waals surface area contributed by atoms with Gasteiger partial charge < -0.3 is 15.2 Å². The van der Waals surface area contributed by atoms with Gasteiger partial charge in [-0.05, 0) is 31.4 Å². The van der Waals surface area contributed by atoms with E-state index in [4.69, 9.17) is 15.2 Å². The summed E-state index contributed by atoms with van der Waals surface area (Å²) < 4.78 is 11.4. The summed E-state index contributed by atoms with van der Waals surface area (Å²) in [5, 5.41) is 0. The third kappa shape index (κ3) is 3.17. The number of methoxy groups -OCH3 is 1. The predicted molar refractivity (Wildman–Crippen MR) is 65.8 cm³/mol. The fourth-order valence-electron chi connectivity index (χ4n) is 2.29. The normalized spacial score (nSPS) is 24.6. The van der Waals surface area contributed by atoms with Crippen molar-refractivity contribution < 1.29 is 9.47 Å². The van der Waals surface area contributed by atoms with E-state index in [0.717, 1.165) is 37.1 Å². The molecule has 1 aliphatic carbocycles. The van der Waals surface area contributed by atoms with E-state index in [9.17, 15) is 0 Å². The lowest BCUT2D eigenvalue weighted by atomic mass is 9.95. The maximum Gasteiger partial charge on any atom is 0.142 e.